The van der Waals surface area contributed by atoms with Gasteiger partial charge in [-0.25, -0.2) is 4.79 Å². The third-order valence-corrected chi connectivity index (χ3v) is 6.92. The van der Waals surface area contributed by atoms with E-state index in [4.69, 9.17) is 4.74 Å². The van der Waals surface area contributed by atoms with Gasteiger partial charge in [-0.05, 0) is 43.2 Å². The normalized spacial score (nSPS) is 18.0. The van der Waals surface area contributed by atoms with Crippen LogP contribution in [0.4, 0.5) is 10.5 Å². The fourth-order valence-electron chi connectivity index (χ4n) is 4.78. The van der Waals surface area contributed by atoms with Crippen molar-refractivity contribution in [3.63, 3.8) is 0 Å². The minimum atomic E-state index is -0.428. The van der Waals surface area contributed by atoms with Crippen LogP contribution in [-0.4, -0.2) is 72.3 Å². The second-order valence-corrected chi connectivity index (χ2v) is 9.24. The minimum Gasteiger partial charge on any atom is -0.446 e. The summed E-state index contributed by atoms with van der Waals surface area (Å²) in [4.78, 5) is 29.3. The van der Waals surface area contributed by atoms with Crippen LogP contribution < -0.4 is 5.32 Å². The van der Waals surface area contributed by atoms with E-state index in [-0.39, 0.29) is 18.6 Å². The molecule has 2 heterocycles. The Bertz CT molecular complexity index is 936. The van der Waals surface area contributed by atoms with Crippen molar-refractivity contribution in [1.82, 2.24) is 9.80 Å². The number of aliphatic hydroxyl groups is 1. The van der Waals surface area contributed by atoms with Gasteiger partial charge < -0.3 is 19.6 Å². The fraction of sp³-hybridized carbons (Fsp3) is 0.481. The molecule has 0 radical (unpaired) electrons. The van der Waals surface area contributed by atoms with Gasteiger partial charge in [0.1, 0.15) is 6.10 Å². The molecule has 2 fully saturated rings. The zero-order valence-electron chi connectivity index (χ0n) is 19.7. The maximum absolute atomic E-state index is 12.6. The molecule has 2 saturated heterocycles. The van der Waals surface area contributed by atoms with E-state index >= 15 is 0 Å². The van der Waals surface area contributed by atoms with Gasteiger partial charge in [-0.1, -0.05) is 48.5 Å². The summed E-state index contributed by atoms with van der Waals surface area (Å²) in [5.74, 6) is 0.540. The molecule has 2 aromatic carbocycles. The molecule has 0 bridgehead atoms. The van der Waals surface area contributed by atoms with E-state index in [2.05, 4.69) is 10.2 Å². The highest BCUT2D eigenvalue weighted by molar-refractivity contribution is 5.91. The molecule has 2 aliphatic rings. The van der Waals surface area contributed by atoms with E-state index in [0.717, 1.165) is 75.2 Å². The number of rotatable bonds is 7. The van der Waals surface area contributed by atoms with Crippen molar-refractivity contribution in [3.8, 4) is 11.1 Å². The quantitative estimate of drug-likeness (QED) is 0.646. The molecule has 7 heteroatoms. The van der Waals surface area contributed by atoms with Crippen molar-refractivity contribution < 1.29 is 19.4 Å². The number of likely N-dealkylation sites (tertiary alicyclic amines) is 2. The SMILES string of the molecule is O=C(Nc1ccccc1-c1ccccc1)OC1CCN(CCC(=O)N2CCC(CO)CC2)CC1. The van der Waals surface area contributed by atoms with Crippen LogP contribution in [0.5, 0.6) is 0 Å². The smallest absolute Gasteiger partial charge is 0.411 e. The Labute approximate surface area is 201 Å². The molecule has 2 aromatic rings. The van der Waals surface area contributed by atoms with Gasteiger partial charge >= 0.3 is 6.09 Å². The number of carbonyl (C=O) groups excluding carboxylic acids is 2. The number of ether oxygens (including phenoxy) is 1. The number of carbonyl (C=O) groups is 2. The maximum atomic E-state index is 12.6. The second-order valence-electron chi connectivity index (χ2n) is 9.24. The van der Waals surface area contributed by atoms with E-state index in [0.29, 0.717) is 12.3 Å². The van der Waals surface area contributed by atoms with Crippen LogP contribution in [0.1, 0.15) is 32.1 Å². The molecule has 0 aromatic heterocycles. The van der Waals surface area contributed by atoms with E-state index in [9.17, 15) is 14.7 Å². The lowest BCUT2D eigenvalue weighted by atomic mass is 9.98. The maximum Gasteiger partial charge on any atom is 0.411 e. The molecule has 0 aliphatic carbocycles. The molecule has 4 rings (SSSR count). The number of hydrogen-bond donors (Lipinski definition) is 2. The third kappa shape index (κ3) is 6.58. The molecular weight excluding hydrogens is 430 g/mol. The van der Waals surface area contributed by atoms with Crippen molar-refractivity contribution >= 4 is 17.7 Å². The standard InChI is InChI=1S/C27H35N3O4/c31-20-21-10-18-30(19-11-21)26(32)14-17-29-15-12-23(13-16-29)34-27(33)28-25-9-5-4-8-24(25)22-6-2-1-3-7-22/h1-9,21,23,31H,10-20H2,(H,28,33). The first-order valence-electron chi connectivity index (χ1n) is 12.4. The van der Waals surface area contributed by atoms with Gasteiger partial charge in [0.15, 0.2) is 0 Å². The summed E-state index contributed by atoms with van der Waals surface area (Å²) in [6, 6.07) is 17.7. The van der Waals surface area contributed by atoms with Gasteiger partial charge in [0.25, 0.3) is 0 Å². The summed E-state index contributed by atoms with van der Waals surface area (Å²) in [7, 11) is 0. The molecule has 0 saturated carbocycles. The zero-order valence-corrected chi connectivity index (χ0v) is 19.7. The van der Waals surface area contributed by atoms with Gasteiger partial charge in [-0.3, -0.25) is 10.1 Å². The first-order chi connectivity index (χ1) is 16.6. The summed E-state index contributed by atoms with van der Waals surface area (Å²) in [5, 5.41) is 12.2. The number of nitrogens with zero attached hydrogens (tertiary/aromatic N) is 2. The Morgan fingerprint density at radius 2 is 1.59 bits per heavy atom. The summed E-state index contributed by atoms with van der Waals surface area (Å²) >= 11 is 0. The summed E-state index contributed by atoms with van der Waals surface area (Å²) in [6.45, 7) is 4.10. The Hall–Kier alpha value is -2.90. The summed E-state index contributed by atoms with van der Waals surface area (Å²) in [6.07, 6.45) is 3.29. The molecule has 0 spiro atoms. The fourth-order valence-corrected chi connectivity index (χ4v) is 4.78. The van der Waals surface area contributed by atoms with Crippen molar-refractivity contribution in [3.05, 3.63) is 54.6 Å². The number of anilines is 1. The number of aliphatic hydroxyl groups excluding tert-OH is 1. The van der Waals surface area contributed by atoms with Crippen molar-refractivity contribution in [2.45, 2.75) is 38.2 Å². The Morgan fingerprint density at radius 1 is 0.912 bits per heavy atom. The molecule has 182 valence electrons. The lowest BCUT2D eigenvalue weighted by Crippen LogP contribution is -2.42. The first-order valence-corrected chi connectivity index (χ1v) is 12.4. The highest BCUT2D eigenvalue weighted by Gasteiger charge is 2.25. The van der Waals surface area contributed by atoms with Crippen LogP contribution in [0.3, 0.4) is 0 Å². The average Bonchev–Trinajstić information content (AvgIpc) is 2.89. The number of nitrogens with one attached hydrogen (secondary N) is 1. The predicted octanol–water partition coefficient (Wildman–Crippen LogP) is 3.99. The topological polar surface area (TPSA) is 82.1 Å². The molecule has 0 atom stereocenters. The van der Waals surface area contributed by atoms with Crippen LogP contribution in [0.25, 0.3) is 11.1 Å². The zero-order chi connectivity index (χ0) is 23.8. The number of benzene rings is 2. The number of para-hydroxylation sites is 1. The van der Waals surface area contributed by atoms with Gasteiger partial charge in [-0.15, -0.1) is 0 Å². The Kier molecular flexibility index (Phi) is 8.55. The first kappa shape index (κ1) is 24.2. The molecule has 2 aliphatic heterocycles. The molecule has 2 N–H and O–H groups in total. The Balaban J connectivity index is 1.19. The van der Waals surface area contributed by atoms with E-state index in [1.54, 1.807) is 0 Å². The van der Waals surface area contributed by atoms with Crippen molar-refractivity contribution in [1.29, 1.82) is 0 Å². The predicted molar refractivity (Wildman–Crippen MR) is 132 cm³/mol. The van der Waals surface area contributed by atoms with Crippen LogP contribution in [0.2, 0.25) is 0 Å². The van der Waals surface area contributed by atoms with Gasteiger partial charge in [0.05, 0.1) is 5.69 Å². The summed E-state index contributed by atoms with van der Waals surface area (Å²) < 4.78 is 5.70. The van der Waals surface area contributed by atoms with Crippen molar-refractivity contribution in [2.75, 3.05) is 44.6 Å². The third-order valence-electron chi connectivity index (χ3n) is 6.92. The minimum absolute atomic E-state index is 0.117. The Morgan fingerprint density at radius 3 is 2.29 bits per heavy atom. The molecular formula is C27H35N3O4. The molecule has 7 nitrogen and oxygen atoms in total. The number of piperidine rings is 2. The lowest BCUT2D eigenvalue weighted by Gasteiger charge is -2.33. The van der Waals surface area contributed by atoms with Gasteiger partial charge in [0.2, 0.25) is 5.91 Å². The lowest BCUT2D eigenvalue weighted by molar-refractivity contribution is -0.133. The van der Waals surface area contributed by atoms with Crippen LogP contribution in [0.15, 0.2) is 54.6 Å². The summed E-state index contributed by atoms with van der Waals surface area (Å²) in [5.41, 5.74) is 2.73. The highest BCUT2D eigenvalue weighted by atomic mass is 16.6. The molecule has 0 unspecified atom stereocenters. The van der Waals surface area contributed by atoms with Crippen LogP contribution >= 0.6 is 0 Å². The highest BCUT2D eigenvalue weighted by Crippen LogP contribution is 2.28. The van der Waals surface area contributed by atoms with E-state index < -0.39 is 6.09 Å². The van der Waals surface area contributed by atoms with Crippen LogP contribution in [0, 0.1) is 5.92 Å². The molecule has 2 amide bonds. The van der Waals surface area contributed by atoms with Crippen LogP contribution in [-0.2, 0) is 9.53 Å². The van der Waals surface area contributed by atoms with E-state index in [1.165, 1.54) is 0 Å². The van der Waals surface area contributed by atoms with E-state index in [1.807, 2.05) is 59.5 Å². The largest absolute Gasteiger partial charge is 0.446 e. The monoisotopic (exact) mass is 465 g/mol. The van der Waals surface area contributed by atoms with Crippen molar-refractivity contribution in [2.24, 2.45) is 5.92 Å². The second kappa shape index (κ2) is 12.0. The number of amides is 2. The van der Waals surface area contributed by atoms with Gasteiger partial charge in [0, 0.05) is 51.3 Å². The number of hydrogen-bond acceptors (Lipinski definition) is 5. The van der Waals surface area contributed by atoms with Gasteiger partial charge in [-0.2, -0.15) is 0 Å². The average molecular weight is 466 g/mol. The molecule has 34 heavy (non-hydrogen) atoms.